The minimum absolute atomic E-state index is 0.0580. The molecule has 0 aromatic heterocycles. The molecule has 8 rings (SSSR count). The fourth-order valence-corrected chi connectivity index (χ4v) is 9.85. The van der Waals surface area contributed by atoms with Crippen molar-refractivity contribution in [3.8, 4) is 17.2 Å². The highest BCUT2D eigenvalue weighted by Crippen LogP contribution is 2.66. The Morgan fingerprint density at radius 2 is 1.49 bits per heavy atom. The molecule has 2 aliphatic heterocycles. The molecule has 2 saturated heterocycles. The van der Waals surface area contributed by atoms with Crippen LogP contribution in [0, 0.1) is 23.6 Å². The Kier molecular flexibility index (Phi) is 9.06. The Balaban J connectivity index is 1.16. The number of carbonyl (C=O) groups excluding carboxylic acids is 4. The number of amides is 4. The summed E-state index contributed by atoms with van der Waals surface area (Å²) in [6.07, 6.45) is 5.45. The summed E-state index contributed by atoms with van der Waals surface area (Å²) in [6, 6.07) is 21.4. The first-order valence-electron chi connectivity index (χ1n) is 17.4. The first-order valence-corrected chi connectivity index (χ1v) is 18.5. The summed E-state index contributed by atoms with van der Waals surface area (Å²) in [6.45, 7) is 0. The van der Waals surface area contributed by atoms with Crippen molar-refractivity contribution in [1.29, 1.82) is 0 Å². The number of benzene rings is 4. The van der Waals surface area contributed by atoms with E-state index in [4.69, 9.17) is 44.3 Å². The maximum atomic E-state index is 14.5. The lowest BCUT2D eigenvalue weighted by Crippen LogP contribution is -2.60. The number of fused-ring (bicyclic) bond motifs is 4. The average molecular weight is 802 g/mol. The second-order valence-electron chi connectivity index (χ2n) is 14.0. The molecule has 13 heteroatoms. The Morgan fingerprint density at radius 1 is 0.800 bits per heavy atom. The molecule has 55 heavy (non-hydrogen) atoms. The molecule has 0 radical (unpaired) electrons. The molecule has 0 unspecified atom stereocenters. The maximum Gasteiger partial charge on any atom is 0.258 e. The van der Waals surface area contributed by atoms with Crippen LogP contribution in [0.5, 0.6) is 17.2 Å². The van der Waals surface area contributed by atoms with E-state index in [0.29, 0.717) is 28.3 Å². The van der Waals surface area contributed by atoms with E-state index in [9.17, 15) is 28.7 Å². The van der Waals surface area contributed by atoms with E-state index in [1.807, 2.05) is 18.2 Å². The van der Waals surface area contributed by atoms with Gasteiger partial charge in [0.05, 0.1) is 37.4 Å². The zero-order chi connectivity index (χ0) is 39.0. The Hall–Kier alpha value is -5.16. The van der Waals surface area contributed by atoms with Gasteiger partial charge in [-0.3, -0.25) is 24.1 Å². The van der Waals surface area contributed by atoms with Crippen molar-refractivity contribution < 1.29 is 38.1 Å². The summed E-state index contributed by atoms with van der Waals surface area (Å²) in [5, 5.41) is 10.3. The van der Waals surface area contributed by atoms with Crippen molar-refractivity contribution in [2.24, 2.45) is 17.8 Å². The third-order valence-corrected chi connectivity index (χ3v) is 13.0. The lowest BCUT2D eigenvalue weighted by Gasteiger charge is -2.50. The summed E-state index contributed by atoms with van der Waals surface area (Å²) in [5.74, 6) is -5.61. The normalized spacial score (nSPS) is 27.3. The third-order valence-electron chi connectivity index (χ3n) is 11.2. The second-order valence-corrected chi connectivity index (χ2v) is 15.6. The van der Waals surface area contributed by atoms with Crippen molar-refractivity contribution in [3.05, 3.63) is 124 Å². The molecule has 0 bridgehead atoms. The quantitative estimate of drug-likeness (QED) is 0.0869. The molecule has 6 atom stereocenters. The minimum atomic E-state index is -2.15. The lowest BCUT2D eigenvalue weighted by molar-refractivity contribution is -0.125. The van der Waals surface area contributed by atoms with Gasteiger partial charge in [0, 0.05) is 16.5 Å². The number of anilines is 2. The summed E-state index contributed by atoms with van der Waals surface area (Å²) < 4.78 is 24.7. The van der Waals surface area contributed by atoms with Crippen molar-refractivity contribution >= 4 is 82.0 Å². The maximum absolute atomic E-state index is 14.5. The van der Waals surface area contributed by atoms with Gasteiger partial charge in [-0.05, 0) is 96.6 Å². The number of nitrogens with zero attached hydrogens (tertiary/aromatic N) is 2. The van der Waals surface area contributed by atoms with Gasteiger partial charge in [0.15, 0.2) is 9.75 Å². The first kappa shape index (κ1) is 36.8. The first-order chi connectivity index (χ1) is 26.3. The fraction of sp³-hybridized carbons (Fsp3) is 0.238. The molecule has 1 N–H and O–H groups in total. The number of phenols is 1. The lowest BCUT2D eigenvalue weighted by atomic mass is 9.56. The Bertz CT molecular complexity index is 2350. The Morgan fingerprint density at radius 3 is 2.16 bits per heavy atom. The van der Waals surface area contributed by atoms with Gasteiger partial charge >= 0.3 is 0 Å². The standard InChI is InChI=1S/C42H32Cl3FN2O7/c1-54-28-14-18-34(55-2)23(19-28)6-3-22-4-9-25(10-5-22)47-37(50)31-17-16-29-32(35(31)38(47)51)21-41(44)39(52)48(26-11-7-24(46)8-12-26)40(53)42(41,45)36(29)30-15-13-27(49)20-33(30)43/h3-16,18-20,31-32,35-36,49H,17,21H2,1-2H3/t31-,32+,35-,36+,41+,42-/m0/s1. The molecule has 4 aromatic carbocycles. The molecule has 4 aliphatic rings. The largest absolute Gasteiger partial charge is 0.508 e. The van der Waals surface area contributed by atoms with E-state index in [-0.39, 0.29) is 29.3 Å². The average Bonchev–Trinajstić information content (AvgIpc) is 3.52. The molecule has 3 fully saturated rings. The number of ether oxygens (including phenoxy) is 2. The van der Waals surface area contributed by atoms with Gasteiger partial charge in [0.25, 0.3) is 11.8 Å². The van der Waals surface area contributed by atoms with E-state index >= 15 is 0 Å². The molecule has 4 amide bonds. The molecule has 0 spiro atoms. The molecule has 2 aliphatic carbocycles. The van der Waals surface area contributed by atoms with Crippen LogP contribution in [0.4, 0.5) is 15.8 Å². The summed E-state index contributed by atoms with van der Waals surface area (Å²) >= 11 is 21.5. The van der Waals surface area contributed by atoms with E-state index in [2.05, 4.69) is 0 Å². The number of hydrogen-bond acceptors (Lipinski definition) is 7. The van der Waals surface area contributed by atoms with Crippen LogP contribution in [-0.2, 0) is 19.2 Å². The van der Waals surface area contributed by atoms with Gasteiger partial charge in [-0.15, -0.1) is 23.2 Å². The zero-order valence-electron chi connectivity index (χ0n) is 29.3. The number of halogens is 4. The number of rotatable bonds is 7. The van der Waals surface area contributed by atoms with E-state index in [1.54, 1.807) is 56.7 Å². The number of alkyl halides is 2. The van der Waals surface area contributed by atoms with E-state index < -0.39 is 62.9 Å². The predicted molar refractivity (Wildman–Crippen MR) is 207 cm³/mol. The number of imide groups is 2. The molecule has 280 valence electrons. The number of methoxy groups -OCH3 is 2. The topological polar surface area (TPSA) is 113 Å². The smallest absolute Gasteiger partial charge is 0.258 e. The second kappa shape index (κ2) is 13.5. The van der Waals surface area contributed by atoms with Crippen LogP contribution >= 0.6 is 34.8 Å². The molecule has 1 saturated carbocycles. The number of phenolic OH excluding ortho intramolecular Hbond substituents is 1. The van der Waals surface area contributed by atoms with Crippen LogP contribution in [0.3, 0.4) is 0 Å². The van der Waals surface area contributed by atoms with Crippen LogP contribution in [-0.4, -0.2) is 52.7 Å². The number of hydrogen-bond donors (Lipinski definition) is 1. The number of allylic oxidation sites excluding steroid dienone is 2. The minimum Gasteiger partial charge on any atom is -0.508 e. The predicted octanol–water partition coefficient (Wildman–Crippen LogP) is 8.14. The van der Waals surface area contributed by atoms with Crippen LogP contribution in [0.2, 0.25) is 5.02 Å². The number of carbonyl (C=O) groups is 4. The van der Waals surface area contributed by atoms with E-state index in [0.717, 1.165) is 28.2 Å². The summed E-state index contributed by atoms with van der Waals surface area (Å²) in [5.41, 5.74) is 2.88. The van der Waals surface area contributed by atoms with Crippen LogP contribution < -0.4 is 19.3 Å². The van der Waals surface area contributed by atoms with Crippen molar-refractivity contribution in [2.45, 2.75) is 28.5 Å². The van der Waals surface area contributed by atoms with Gasteiger partial charge < -0.3 is 14.6 Å². The fourth-order valence-electron chi connectivity index (χ4n) is 8.64. The van der Waals surface area contributed by atoms with Crippen LogP contribution in [0.1, 0.15) is 35.4 Å². The molecular weight excluding hydrogens is 770 g/mol. The molecule has 2 heterocycles. The van der Waals surface area contributed by atoms with Crippen molar-refractivity contribution in [1.82, 2.24) is 0 Å². The molecular formula is C42H32Cl3FN2O7. The monoisotopic (exact) mass is 800 g/mol. The number of aromatic hydroxyl groups is 1. The van der Waals surface area contributed by atoms with Crippen LogP contribution in [0.15, 0.2) is 96.6 Å². The van der Waals surface area contributed by atoms with Gasteiger partial charge in [0.1, 0.15) is 23.1 Å². The molecule has 9 nitrogen and oxygen atoms in total. The van der Waals surface area contributed by atoms with Crippen LogP contribution in [0.25, 0.3) is 12.2 Å². The third kappa shape index (κ3) is 5.56. The summed E-state index contributed by atoms with van der Waals surface area (Å²) in [4.78, 5) is 55.4. The zero-order valence-corrected chi connectivity index (χ0v) is 31.6. The van der Waals surface area contributed by atoms with Crippen molar-refractivity contribution in [3.63, 3.8) is 0 Å². The highest BCUT2D eigenvalue weighted by Gasteiger charge is 2.76. The van der Waals surface area contributed by atoms with Gasteiger partial charge in [-0.1, -0.05) is 53.6 Å². The van der Waals surface area contributed by atoms with Gasteiger partial charge in [-0.2, -0.15) is 0 Å². The Labute approximate surface area is 330 Å². The molecule has 4 aromatic rings. The van der Waals surface area contributed by atoms with Gasteiger partial charge in [-0.25, -0.2) is 9.29 Å². The highest BCUT2D eigenvalue weighted by atomic mass is 35.5. The highest BCUT2D eigenvalue weighted by molar-refractivity contribution is 6.58. The summed E-state index contributed by atoms with van der Waals surface area (Å²) in [7, 11) is 3.16. The van der Waals surface area contributed by atoms with Crippen molar-refractivity contribution in [2.75, 3.05) is 24.0 Å². The van der Waals surface area contributed by atoms with E-state index in [1.165, 1.54) is 35.2 Å². The SMILES string of the molecule is COc1ccc(OC)c(C=Cc2ccc(N3C(=O)[C@H]4[C@H](CC=C5[C@H]4C[C@@]4(Cl)C(=O)N(c6ccc(F)cc6)C(=O)[C@@]4(Cl)[C@H]5c4ccc(O)cc4Cl)C3=O)cc2)c1. The van der Waals surface area contributed by atoms with Gasteiger partial charge in [0.2, 0.25) is 11.8 Å².